The van der Waals surface area contributed by atoms with Crippen LogP contribution >= 0.6 is 0 Å². The average molecular weight is 197 g/mol. The minimum atomic E-state index is 0.251. The van der Waals surface area contributed by atoms with E-state index in [1.54, 1.807) is 0 Å². The Kier molecular flexibility index (Phi) is 1.66. The first kappa shape index (κ1) is 8.60. The maximum absolute atomic E-state index is 11.7. The van der Waals surface area contributed by atoms with Crippen LogP contribution in [0.4, 0.5) is 0 Å². The third-order valence-electron chi connectivity index (χ3n) is 3.09. The lowest BCUT2D eigenvalue weighted by Crippen LogP contribution is -1.98. The first-order chi connectivity index (χ1) is 7.27. The monoisotopic (exact) mass is 197 g/mol. The van der Waals surface area contributed by atoms with E-state index in [1.807, 2.05) is 31.2 Å². The number of fused-ring (bicyclic) bond motifs is 2. The van der Waals surface area contributed by atoms with Crippen molar-refractivity contribution in [3.8, 4) is 0 Å². The van der Waals surface area contributed by atoms with Crippen LogP contribution in [-0.4, -0.2) is 10.8 Å². The minimum Gasteiger partial charge on any atom is -0.294 e. The average Bonchev–Trinajstić information content (AvgIpc) is 2.61. The Morgan fingerprint density at radius 2 is 2.00 bits per heavy atom. The molecule has 2 heteroatoms. The highest BCUT2D eigenvalue weighted by atomic mass is 16.1. The van der Waals surface area contributed by atoms with Crippen molar-refractivity contribution in [3.63, 3.8) is 0 Å². The second-order valence-corrected chi connectivity index (χ2v) is 4.00. The number of carbonyl (C=O) groups is 1. The van der Waals surface area contributed by atoms with Crippen LogP contribution in [0.25, 0.3) is 10.9 Å². The molecule has 1 heterocycles. The number of carbonyl (C=O) groups excluding carboxylic acids is 1. The zero-order chi connectivity index (χ0) is 10.4. The molecule has 1 aliphatic carbocycles. The summed E-state index contributed by atoms with van der Waals surface area (Å²) in [6.07, 6.45) is 1.43. The van der Waals surface area contributed by atoms with Crippen molar-refractivity contribution in [1.29, 1.82) is 0 Å². The number of hydrogen-bond acceptors (Lipinski definition) is 2. The molecule has 0 N–H and O–H groups in total. The summed E-state index contributed by atoms with van der Waals surface area (Å²) in [7, 11) is 0. The molecule has 1 aliphatic rings. The predicted molar refractivity (Wildman–Crippen MR) is 59.1 cm³/mol. The van der Waals surface area contributed by atoms with E-state index in [2.05, 4.69) is 4.98 Å². The number of nitrogens with zero attached hydrogens (tertiary/aromatic N) is 1. The van der Waals surface area contributed by atoms with E-state index in [9.17, 15) is 4.79 Å². The number of ketones is 1. The number of benzene rings is 1. The standard InChI is InChI=1S/C13H11NO/c1-8-9-4-2-3-5-10(9)14-11-6-7-12(15)13(8)11/h2-5H,6-7H2,1H3. The summed E-state index contributed by atoms with van der Waals surface area (Å²) in [6.45, 7) is 2.02. The number of rotatable bonds is 0. The molecule has 0 atom stereocenters. The number of hydrogen-bond donors (Lipinski definition) is 0. The summed E-state index contributed by atoms with van der Waals surface area (Å²) in [5, 5.41) is 1.10. The number of pyridine rings is 1. The Labute approximate surface area is 87.9 Å². The van der Waals surface area contributed by atoms with Gasteiger partial charge in [0.05, 0.1) is 11.2 Å². The molecule has 74 valence electrons. The molecular formula is C13H11NO. The Bertz CT molecular complexity index is 572. The van der Waals surface area contributed by atoms with Gasteiger partial charge < -0.3 is 0 Å². The van der Waals surface area contributed by atoms with Crippen molar-refractivity contribution in [3.05, 3.63) is 41.1 Å². The normalized spacial score (nSPS) is 14.6. The quantitative estimate of drug-likeness (QED) is 0.650. The molecule has 2 nitrogen and oxygen atoms in total. The SMILES string of the molecule is Cc1c2c(nc3ccccc13)CCC2=O. The Morgan fingerprint density at radius 3 is 2.87 bits per heavy atom. The molecule has 0 unspecified atom stereocenters. The lowest BCUT2D eigenvalue weighted by molar-refractivity contribution is 0.0994. The van der Waals surface area contributed by atoms with Crippen molar-refractivity contribution in [2.75, 3.05) is 0 Å². The first-order valence-corrected chi connectivity index (χ1v) is 5.19. The minimum absolute atomic E-state index is 0.251. The summed E-state index contributed by atoms with van der Waals surface area (Å²) >= 11 is 0. The number of aryl methyl sites for hydroxylation is 2. The van der Waals surface area contributed by atoms with Crippen LogP contribution in [0.1, 0.15) is 28.0 Å². The van der Waals surface area contributed by atoms with Gasteiger partial charge >= 0.3 is 0 Å². The molecule has 0 spiro atoms. The van der Waals surface area contributed by atoms with E-state index in [1.165, 1.54) is 0 Å². The molecule has 0 bridgehead atoms. The van der Waals surface area contributed by atoms with Gasteiger partial charge in [0.1, 0.15) is 0 Å². The van der Waals surface area contributed by atoms with Gasteiger partial charge in [-0.3, -0.25) is 9.78 Å². The van der Waals surface area contributed by atoms with Crippen molar-refractivity contribution < 1.29 is 4.79 Å². The molecule has 2 aromatic rings. The fraction of sp³-hybridized carbons (Fsp3) is 0.231. The van der Waals surface area contributed by atoms with Crippen LogP contribution in [0.3, 0.4) is 0 Å². The van der Waals surface area contributed by atoms with Gasteiger partial charge in [-0.1, -0.05) is 18.2 Å². The van der Waals surface area contributed by atoms with Gasteiger partial charge in [-0.2, -0.15) is 0 Å². The fourth-order valence-electron chi connectivity index (χ4n) is 2.35. The van der Waals surface area contributed by atoms with Gasteiger partial charge in [0.25, 0.3) is 0 Å². The second kappa shape index (κ2) is 2.89. The van der Waals surface area contributed by atoms with E-state index in [0.717, 1.165) is 34.1 Å². The molecule has 1 aromatic carbocycles. The first-order valence-electron chi connectivity index (χ1n) is 5.19. The smallest absolute Gasteiger partial charge is 0.165 e. The molecule has 15 heavy (non-hydrogen) atoms. The zero-order valence-electron chi connectivity index (χ0n) is 8.58. The second-order valence-electron chi connectivity index (χ2n) is 4.00. The topological polar surface area (TPSA) is 30.0 Å². The van der Waals surface area contributed by atoms with Gasteiger partial charge in [-0.05, 0) is 25.0 Å². The van der Waals surface area contributed by atoms with Gasteiger partial charge in [0.15, 0.2) is 5.78 Å². The molecular weight excluding hydrogens is 186 g/mol. The van der Waals surface area contributed by atoms with Gasteiger partial charge in [-0.15, -0.1) is 0 Å². The lowest BCUT2D eigenvalue weighted by atomic mass is 10.0. The van der Waals surface area contributed by atoms with E-state index < -0.39 is 0 Å². The van der Waals surface area contributed by atoms with E-state index in [-0.39, 0.29) is 5.78 Å². The summed E-state index contributed by atoms with van der Waals surface area (Å²) in [4.78, 5) is 16.2. The maximum Gasteiger partial charge on any atom is 0.165 e. The van der Waals surface area contributed by atoms with Crippen LogP contribution in [0.2, 0.25) is 0 Å². The molecule has 0 aliphatic heterocycles. The Hall–Kier alpha value is -1.70. The van der Waals surface area contributed by atoms with Crippen molar-refractivity contribution in [2.24, 2.45) is 0 Å². The highest BCUT2D eigenvalue weighted by Crippen LogP contribution is 2.28. The molecule has 0 radical (unpaired) electrons. The van der Waals surface area contributed by atoms with Crippen LogP contribution in [0.5, 0.6) is 0 Å². The summed E-state index contributed by atoms with van der Waals surface area (Å²) in [6, 6.07) is 8.01. The third-order valence-corrected chi connectivity index (χ3v) is 3.09. The number of para-hydroxylation sites is 1. The van der Waals surface area contributed by atoms with Crippen LogP contribution in [-0.2, 0) is 6.42 Å². The predicted octanol–water partition coefficient (Wildman–Crippen LogP) is 2.67. The molecule has 0 saturated heterocycles. The van der Waals surface area contributed by atoms with E-state index >= 15 is 0 Å². The largest absolute Gasteiger partial charge is 0.294 e. The van der Waals surface area contributed by atoms with Crippen LogP contribution < -0.4 is 0 Å². The number of Topliss-reactive ketones (excluding diaryl/α,β-unsaturated/α-hetero) is 1. The summed E-state index contributed by atoms with van der Waals surface area (Å²) < 4.78 is 0. The molecule has 0 saturated carbocycles. The van der Waals surface area contributed by atoms with E-state index in [0.29, 0.717) is 6.42 Å². The third kappa shape index (κ3) is 1.11. The molecule has 1 aromatic heterocycles. The van der Waals surface area contributed by atoms with Gasteiger partial charge in [-0.25, -0.2) is 0 Å². The highest BCUT2D eigenvalue weighted by molar-refractivity contribution is 6.04. The van der Waals surface area contributed by atoms with Crippen molar-refractivity contribution in [2.45, 2.75) is 19.8 Å². The molecule has 0 amide bonds. The van der Waals surface area contributed by atoms with Gasteiger partial charge in [0.2, 0.25) is 0 Å². The maximum atomic E-state index is 11.7. The number of aromatic nitrogens is 1. The fourth-order valence-corrected chi connectivity index (χ4v) is 2.35. The van der Waals surface area contributed by atoms with Crippen LogP contribution in [0, 0.1) is 6.92 Å². The summed E-state index contributed by atoms with van der Waals surface area (Å²) in [5.74, 6) is 0.251. The van der Waals surface area contributed by atoms with Crippen molar-refractivity contribution >= 4 is 16.7 Å². The molecule has 3 rings (SSSR count). The Balaban J connectivity index is 2.46. The summed E-state index contributed by atoms with van der Waals surface area (Å²) in [5.41, 5.74) is 3.95. The zero-order valence-corrected chi connectivity index (χ0v) is 8.58. The van der Waals surface area contributed by atoms with Crippen molar-refractivity contribution in [1.82, 2.24) is 4.98 Å². The van der Waals surface area contributed by atoms with Gasteiger partial charge in [0, 0.05) is 17.4 Å². The Morgan fingerprint density at radius 1 is 1.20 bits per heavy atom. The van der Waals surface area contributed by atoms with E-state index in [4.69, 9.17) is 0 Å². The molecule has 0 fully saturated rings. The highest BCUT2D eigenvalue weighted by Gasteiger charge is 2.24. The van der Waals surface area contributed by atoms with Crippen LogP contribution in [0.15, 0.2) is 24.3 Å². The lowest BCUT2D eigenvalue weighted by Gasteiger charge is -2.06.